The summed E-state index contributed by atoms with van der Waals surface area (Å²) in [6.45, 7) is 0.721. The second-order valence-electron chi connectivity index (χ2n) is 7.33. The Kier molecular flexibility index (Phi) is 4.04. The molecule has 6 heteroatoms. The van der Waals surface area contributed by atoms with Crippen molar-refractivity contribution >= 4 is 22.5 Å². The fourth-order valence-corrected chi connectivity index (χ4v) is 4.12. The molecule has 3 aromatic rings. The normalized spacial score (nSPS) is 16.8. The molecule has 5 rings (SSSR count). The highest BCUT2D eigenvalue weighted by molar-refractivity contribution is 6.04. The predicted octanol–water partition coefficient (Wildman–Crippen LogP) is 2.81. The number of carbonyl (C=O) groups excluding carboxylic acids is 1. The summed E-state index contributed by atoms with van der Waals surface area (Å²) in [7, 11) is 0. The second-order valence-corrected chi connectivity index (χ2v) is 7.33. The van der Waals surface area contributed by atoms with E-state index >= 15 is 0 Å². The van der Waals surface area contributed by atoms with E-state index in [1.807, 2.05) is 18.2 Å². The van der Waals surface area contributed by atoms with Crippen molar-refractivity contribution in [2.24, 2.45) is 5.10 Å². The van der Waals surface area contributed by atoms with E-state index in [-0.39, 0.29) is 11.5 Å². The quantitative estimate of drug-likeness (QED) is 0.703. The lowest BCUT2D eigenvalue weighted by molar-refractivity contribution is 0.0955. The van der Waals surface area contributed by atoms with Gasteiger partial charge in [0, 0.05) is 24.1 Å². The molecule has 2 aliphatic rings. The maximum absolute atomic E-state index is 12.6. The third kappa shape index (κ3) is 2.81. The highest BCUT2D eigenvalue weighted by Crippen LogP contribution is 2.21. The number of hydrogen-bond acceptors (Lipinski definition) is 4. The molecule has 2 heterocycles. The Bertz CT molecular complexity index is 1190. The van der Waals surface area contributed by atoms with E-state index in [0.717, 1.165) is 55.7 Å². The van der Waals surface area contributed by atoms with Crippen molar-refractivity contribution in [2.45, 2.75) is 38.6 Å². The minimum Gasteiger partial charge on any atom is -0.296 e. The lowest BCUT2D eigenvalue weighted by Gasteiger charge is -2.17. The number of rotatable bonds is 2. The number of hydrazone groups is 1. The summed E-state index contributed by atoms with van der Waals surface area (Å²) >= 11 is 0. The number of amides is 1. The van der Waals surface area contributed by atoms with Gasteiger partial charge in [0.15, 0.2) is 0 Å². The topological polar surface area (TPSA) is 76.3 Å². The van der Waals surface area contributed by atoms with Crippen LogP contribution in [0.1, 0.15) is 46.6 Å². The average Bonchev–Trinajstić information content (AvgIpc) is 3.20. The van der Waals surface area contributed by atoms with Crippen LogP contribution in [0.2, 0.25) is 0 Å². The van der Waals surface area contributed by atoms with E-state index < -0.39 is 0 Å². The van der Waals surface area contributed by atoms with Gasteiger partial charge in [-0.1, -0.05) is 24.3 Å². The highest BCUT2D eigenvalue weighted by Gasteiger charge is 2.18. The van der Waals surface area contributed by atoms with Crippen LogP contribution in [-0.2, 0) is 19.4 Å². The molecule has 0 unspecified atom stereocenters. The van der Waals surface area contributed by atoms with Crippen LogP contribution in [0.25, 0.3) is 10.9 Å². The van der Waals surface area contributed by atoms with Gasteiger partial charge in [0.2, 0.25) is 0 Å². The van der Waals surface area contributed by atoms with Crippen molar-refractivity contribution in [3.63, 3.8) is 0 Å². The zero-order valence-electron chi connectivity index (χ0n) is 15.4. The van der Waals surface area contributed by atoms with E-state index in [1.54, 1.807) is 22.8 Å². The molecule has 0 atom stereocenters. The number of aromatic nitrogens is 2. The first-order valence-electron chi connectivity index (χ1n) is 9.69. The fraction of sp³-hybridized carbons (Fsp3) is 0.273. The van der Waals surface area contributed by atoms with Gasteiger partial charge >= 0.3 is 0 Å². The first kappa shape index (κ1) is 16.9. The minimum absolute atomic E-state index is 0.0245. The van der Waals surface area contributed by atoms with E-state index in [1.165, 1.54) is 5.56 Å². The van der Waals surface area contributed by atoms with E-state index in [2.05, 4.69) is 21.6 Å². The molecule has 0 fully saturated rings. The maximum Gasteiger partial charge on any atom is 0.271 e. The van der Waals surface area contributed by atoms with Crippen molar-refractivity contribution in [3.8, 4) is 0 Å². The van der Waals surface area contributed by atoms with Gasteiger partial charge in [0.25, 0.3) is 11.5 Å². The molecular formula is C22H20N4O2. The standard InChI is InChI=1S/C22H20N4O2/c27-21(25-24-18-8-3-6-14-5-1-2-7-16(14)18)15-10-11-17-19(13-15)23-20-9-4-12-26(20)22(17)28/h1-2,5,7,10-11,13H,3-4,6,8-9,12H2,(H,25,27). The Labute approximate surface area is 161 Å². The van der Waals surface area contributed by atoms with Crippen LogP contribution < -0.4 is 11.0 Å². The summed E-state index contributed by atoms with van der Waals surface area (Å²) in [6, 6.07) is 13.2. The monoisotopic (exact) mass is 372 g/mol. The van der Waals surface area contributed by atoms with Crippen LogP contribution in [0.3, 0.4) is 0 Å². The van der Waals surface area contributed by atoms with Gasteiger partial charge in [-0.15, -0.1) is 0 Å². The Hall–Kier alpha value is -3.28. The summed E-state index contributed by atoms with van der Waals surface area (Å²) in [6.07, 6.45) is 4.65. The summed E-state index contributed by atoms with van der Waals surface area (Å²) in [4.78, 5) is 29.8. The summed E-state index contributed by atoms with van der Waals surface area (Å²) in [5, 5.41) is 4.94. The SMILES string of the molecule is O=C(NN=C1CCCc2ccccc21)c1ccc2c(=O)n3c(nc2c1)CCC3. The first-order chi connectivity index (χ1) is 13.7. The van der Waals surface area contributed by atoms with Crippen molar-refractivity contribution in [1.29, 1.82) is 0 Å². The van der Waals surface area contributed by atoms with Gasteiger partial charge in [0.1, 0.15) is 5.82 Å². The molecule has 0 bridgehead atoms. The zero-order valence-corrected chi connectivity index (χ0v) is 15.4. The van der Waals surface area contributed by atoms with E-state index in [9.17, 15) is 9.59 Å². The van der Waals surface area contributed by atoms with Crippen molar-refractivity contribution in [2.75, 3.05) is 0 Å². The van der Waals surface area contributed by atoms with Crippen LogP contribution in [0, 0.1) is 0 Å². The Morgan fingerprint density at radius 1 is 1.07 bits per heavy atom. The lowest BCUT2D eigenvalue weighted by Crippen LogP contribution is -2.23. The number of aryl methyl sites for hydroxylation is 2. The van der Waals surface area contributed by atoms with Gasteiger partial charge in [-0.3, -0.25) is 14.2 Å². The van der Waals surface area contributed by atoms with Gasteiger partial charge in [-0.05, 0) is 49.4 Å². The molecule has 6 nitrogen and oxygen atoms in total. The largest absolute Gasteiger partial charge is 0.296 e. The molecule has 0 saturated heterocycles. The molecule has 2 aromatic carbocycles. The van der Waals surface area contributed by atoms with Crippen LogP contribution in [-0.4, -0.2) is 21.2 Å². The number of nitrogens with zero attached hydrogens (tertiary/aromatic N) is 3. The first-order valence-corrected chi connectivity index (χ1v) is 9.69. The summed E-state index contributed by atoms with van der Waals surface area (Å²) in [5.41, 5.74) is 6.97. The Morgan fingerprint density at radius 2 is 1.96 bits per heavy atom. The highest BCUT2D eigenvalue weighted by atomic mass is 16.2. The second kappa shape index (κ2) is 6.71. The number of fused-ring (bicyclic) bond motifs is 3. The van der Waals surface area contributed by atoms with Crippen LogP contribution in [0.5, 0.6) is 0 Å². The van der Waals surface area contributed by atoms with Crippen molar-refractivity contribution < 1.29 is 4.79 Å². The van der Waals surface area contributed by atoms with Gasteiger partial charge in [-0.2, -0.15) is 5.10 Å². The van der Waals surface area contributed by atoms with Crippen LogP contribution >= 0.6 is 0 Å². The zero-order chi connectivity index (χ0) is 19.1. The number of nitrogens with one attached hydrogen (secondary N) is 1. The fourth-order valence-electron chi connectivity index (χ4n) is 4.12. The van der Waals surface area contributed by atoms with E-state index in [4.69, 9.17) is 0 Å². The molecule has 28 heavy (non-hydrogen) atoms. The molecule has 1 aromatic heterocycles. The molecular weight excluding hydrogens is 352 g/mol. The van der Waals surface area contributed by atoms with Crippen LogP contribution in [0.4, 0.5) is 0 Å². The van der Waals surface area contributed by atoms with Gasteiger partial charge < -0.3 is 0 Å². The average molecular weight is 372 g/mol. The van der Waals surface area contributed by atoms with Gasteiger partial charge in [0.05, 0.1) is 16.6 Å². The molecule has 0 radical (unpaired) electrons. The molecule has 0 spiro atoms. The molecule has 1 aliphatic carbocycles. The maximum atomic E-state index is 12.6. The van der Waals surface area contributed by atoms with Crippen LogP contribution in [0.15, 0.2) is 52.4 Å². The third-order valence-corrected chi connectivity index (χ3v) is 5.56. The van der Waals surface area contributed by atoms with E-state index in [0.29, 0.717) is 16.5 Å². The number of carbonyl (C=O) groups is 1. The summed E-state index contributed by atoms with van der Waals surface area (Å²) < 4.78 is 1.73. The predicted molar refractivity (Wildman–Crippen MR) is 108 cm³/mol. The molecule has 1 amide bonds. The lowest BCUT2D eigenvalue weighted by atomic mass is 9.90. The van der Waals surface area contributed by atoms with Crippen molar-refractivity contribution in [3.05, 3.63) is 75.3 Å². The number of hydrogen-bond donors (Lipinski definition) is 1. The molecule has 1 N–H and O–H groups in total. The Morgan fingerprint density at radius 3 is 2.89 bits per heavy atom. The summed E-state index contributed by atoms with van der Waals surface area (Å²) in [5.74, 6) is 0.508. The van der Waals surface area contributed by atoms with Gasteiger partial charge in [-0.25, -0.2) is 10.4 Å². The third-order valence-electron chi connectivity index (χ3n) is 5.56. The minimum atomic E-state index is -0.292. The number of benzene rings is 2. The molecule has 1 aliphatic heterocycles. The van der Waals surface area contributed by atoms with Crippen molar-refractivity contribution in [1.82, 2.24) is 15.0 Å². The molecule has 140 valence electrons. The Balaban J connectivity index is 1.44. The molecule has 0 saturated carbocycles. The smallest absolute Gasteiger partial charge is 0.271 e.